The molecule has 0 aliphatic heterocycles. The van der Waals surface area contributed by atoms with Crippen molar-refractivity contribution in [3.63, 3.8) is 0 Å². The lowest BCUT2D eigenvalue weighted by Crippen LogP contribution is -2.37. The van der Waals surface area contributed by atoms with Crippen molar-refractivity contribution in [2.24, 2.45) is 0 Å². The van der Waals surface area contributed by atoms with Crippen LogP contribution in [0.15, 0.2) is 273 Å². The first-order chi connectivity index (χ1) is 37.3. The predicted molar refractivity (Wildman–Crippen MR) is 333 cm³/mol. The molecule has 0 spiro atoms. The van der Waals surface area contributed by atoms with Gasteiger partial charge in [0.15, 0.2) is 0 Å². The summed E-state index contributed by atoms with van der Waals surface area (Å²) in [5.41, 5.74) is 17.2. The largest absolute Gasteiger partial charge is 0.0775 e. The molecule has 0 saturated heterocycles. The van der Waals surface area contributed by atoms with E-state index in [0.29, 0.717) is 0 Å². The molecule has 0 amide bonds. The maximum Gasteiger partial charge on any atom is 0.0775 e. The Labute approximate surface area is 445 Å². The van der Waals surface area contributed by atoms with Crippen molar-refractivity contribution in [1.29, 1.82) is 0 Å². The van der Waals surface area contributed by atoms with Crippen molar-refractivity contribution in [2.75, 3.05) is 0 Å². The summed E-state index contributed by atoms with van der Waals surface area (Å²) >= 11 is 0. The first kappa shape index (κ1) is 45.5. The van der Waals surface area contributed by atoms with Crippen LogP contribution in [0.4, 0.5) is 0 Å². The van der Waals surface area contributed by atoms with E-state index in [-0.39, 0.29) is 0 Å². The highest BCUT2D eigenvalue weighted by Crippen LogP contribution is 2.49. The summed E-state index contributed by atoms with van der Waals surface area (Å²) in [6.07, 6.45) is 0. The highest BCUT2D eigenvalue weighted by Gasteiger charge is 2.22. The Balaban J connectivity index is 0.986. The third kappa shape index (κ3) is 7.74. The van der Waals surface area contributed by atoms with Crippen LogP contribution in [0, 0.1) is 0 Å². The quantitative estimate of drug-likeness (QED) is 0.105. The van der Waals surface area contributed by atoms with Gasteiger partial charge in [0.1, 0.15) is 0 Å². The molecule has 358 valence electrons. The van der Waals surface area contributed by atoms with E-state index in [0.717, 1.165) is 0 Å². The maximum absolute atomic E-state index is 2.48. The highest BCUT2D eigenvalue weighted by molar-refractivity contribution is 6.88. The van der Waals surface area contributed by atoms with Crippen molar-refractivity contribution in [3.05, 3.63) is 273 Å². The molecule has 0 nitrogen and oxygen atoms in total. The first-order valence-corrected chi connectivity index (χ1v) is 30.1. The second-order valence-corrected chi connectivity index (χ2v) is 26.6. The van der Waals surface area contributed by atoms with Gasteiger partial charge in [0, 0.05) is 0 Å². The van der Waals surface area contributed by atoms with E-state index >= 15 is 0 Å². The molecule has 14 aromatic carbocycles. The van der Waals surface area contributed by atoms with E-state index in [1.165, 1.54) is 148 Å². The zero-order chi connectivity index (χ0) is 50.9. The van der Waals surface area contributed by atoms with Crippen LogP contribution in [0.5, 0.6) is 0 Å². The second-order valence-electron chi connectivity index (χ2n) is 21.5. The minimum atomic E-state index is -1.40. The molecule has 0 aromatic heterocycles. The smallest absolute Gasteiger partial charge is 0.0656 e. The third-order valence-corrected chi connectivity index (χ3v) is 18.1. The average molecular weight is 983 g/mol. The molecule has 0 bridgehead atoms. The molecular weight excluding hydrogens is 929 g/mol. The van der Waals surface area contributed by atoms with Crippen LogP contribution < -0.4 is 5.19 Å². The normalized spacial score (nSPS) is 11.9. The molecule has 0 radical (unpaired) electrons. The van der Waals surface area contributed by atoms with Crippen LogP contribution in [0.2, 0.25) is 19.6 Å². The van der Waals surface area contributed by atoms with Crippen LogP contribution in [-0.2, 0) is 0 Å². The third-order valence-electron chi connectivity index (χ3n) is 16.0. The van der Waals surface area contributed by atoms with Crippen molar-refractivity contribution >= 4 is 77.9 Å². The Kier molecular flexibility index (Phi) is 11.0. The Morgan fingerprint density at radius 1 is 0.197 bits per heavy atom. The van der Waals surface area contributed by atoms with Crippen molar-refractivity contribution < 1.29 is 0 Å². The number of benzene rings is 14. The van der Waals surface area contributed by atoms with Crippen LogP contribution in [0.3, 0.4) is 0 Å². The molecule has 0 aliphatic carbocycles. The van der Waals surface area contributed by atoms with Gasteiger partial charge in [0.2, 0.25) is 0 Å². The summed E-state index contributed by atoms with van der Waals surface area (Å²) < 4.78 is 0. The fourth-order valence-corrected chi connectivity index (χ4v) is 13.4. The van der Waals surface area contributed by atoms with Crippen molar-refractivity contribution in [2.45, 2.75) is 19.6 Å². The van der Waals surface area contributed by atoms with Gasteiger partial charge in [0.05, 0.1) is 8.07 Å². The molecule has 0 atom stereocenters. The molecule has 0 aliphatic rings. The second kappa shape index (κ2) is 18.4. The first-order valence-electron chi connectivity index (χ1n) is 26.6. The Morgan fingerprint density at radius 3 is 1.04 bits per heavy atom. The summed E-state index contributed by atoms with van der Waals surface area (Å²) in [6.45, 7) is 7.23. The summed E-state index contributed by atoms with van der Waals surface area (Å²) in [6, 6.07) is 102. The van der Waals surface area contributed by atoms with Gasteiger partial charge >= 0.3 is 0 Å². The van der Waals surface area contributed by atoms with Gasteiger partial charge in [-0.1, -0.05) is 286 Å². The van der Waals surface area contributed by atoms with E-state index in [4.69, 9.17) is 0 Å². The number of fused-ring (bicyclic) bond motifs is 6. The lowest BCUT2D eigenvalue weighted by molar-refractivity contribution is 1.61. The van der Waals surface area contributed by atoms with Crippen LogP contribution in [-0.4, -0.2) is 8.07 Å². The van der Waals surface area contributed by atoms with E-state index in [1.54, 1.807) is 0 Å². The number of rotatable bonds is 8. The van der Waals surface area contributed by atoms with Gasteiger partial charge in [-0.2, -0.15) is 0 Å². The Hall–Kier alpha value is -9.14. The standard InChI is InChI=1S/C75H54Si/c1-76(2,3)59-43-39-50(40-44-59)49-31-35-55(36-32-49)72-64-25-11-12-26-65(64)74(54-19-5-4-6-20-54)70-47-57(41-45-68(70)72)58-42-46-69-71(48-58)75(63-30-16-22-52-18-8-10-24-62(52)63)67-28-14-13-27-66(67)73(69)56-37-33-53(34-38-56)61-29-15-21-51-17-7-9-23-60(51)61/h4-48H,1-3H3. The fraction of sp³-hybridized carbons (Fsp3) is 0.0400. The summed E-state index contributed by atoms with van der Waals surface area (Å²) in [7, 11) is -1.40. The molecule has 76 heavy (non-hydrogen) atoms. The molecule has 0 heterocycles. The van der Waals surface area contributed by atoms with Crippen molar-refractivity contribution in [3.8, 4) is 77.9 Å². The predicted octanol–water partition coefficient (Wildman–Crippen LogP) is 20.8. The fourth-order valence-electron chi connectivity index (χ4n) is 12.3. The van der Waals surface area contributed by atoms with E-state index < -0.39 is 8.07 Å². The van der Waals surface area contributed by atoms with E-state index in [2.05, 4.69) is 293 Å². The Morgan fingerprint density at radius 2 is 0.526 bits per heavy atom. The lowest BCUT2D eigenvalue weighted by Gasteiger charge is -2.21. The highest BCUT2D eigenvalue weighted by atomic mass is 28.3. The molecule has 1 heteroatoms. The lowest BCUT2D eigenvalue weighted by atomic mass is 9.82. The zero-order valence-electron chi connectivity index (χ0n) is 43.0. The molecule has 14 rings (SSSR count). The SMILES string of the molecule is C[Si](C)(C)c1ccc(-c2ccc(-c3c4ccccc4c(-c4ccccc4)c4cc(-c5ccc6c(-c7ccc(-c8cccc9ccccc89)cc7)c7ccccc7c(-c7cccc8ccccc78)c6c5)ccc34)cc2)cc1. The van der Waals surface area contributed by atoms with E-state index in [1.807, 2.05) is 0 Å². The van der Waals surface area contributed by atoms with Gasteiger partial charge in [0.25, 0.3) is 0 Å². The molecular formula is C75H54Si. The van der Waals surface area contributed by atoms with Gasteiger partial charge in [-0.15, -0.1) is 0 Å². The zero-order valence-corrected chi connectivity index (χ0v) is 44.0. The average Bonchev–Trinajstić information content (AvgIpc) is 3.54. The monoisotopic (exact) mass is 982 g/mol. The summed E-state index contributed by atoms with van der Waals surface area (Å²) in [5, 5.41) is 16.4. The molecule has 0 N–H and O–H groups in total. The molecule has 0 unspecified atom stereocenters. The summed E-state index contributed by atoms with van der Waals surface area (Å²) in [4.78, 5) is 0. The maximum atomic E-state index is 2.48. The van der Waals surface area contributed by atoms with E-state index in [9.17, 15) is 0 Å². The minimum Gasteiger partial charge on any atom is -0.0656 e. The van der Waals surface area contributed by atoms with Crippen LogP contribution in [0.25, 0.3) is 143 Å². The summed E-state index contributed by atoms with van der Waals surface area (Å²) in [5.74, 6) is 0. The minimum absolute atomic E-state index is 1.18. The van der Waals surface area contributed by atoms with Crippen LogP contribution >= 0.6 is 0 Å². The number of hydrogen-bond donors (Lipinski definition) is 0. The van der Waals surface area contributed by atoms with Crippen LogP contribution in [0.1, 0.15) is 0 Å². The van der Waals surface area contributed by atoms with Crippen molar-refractivity contribution in [1.82, 2.24) is 0 Å². The van der Waals surface area contributed by atoms with Gasteiger partial charge in [-0.3, -0.25) is 0 Å². The molecule has 0 fully saturated rings. The topological polar surface area (TPSA) is 0 Å². The number of hydrogen-bond acceptors (Lipinski definition) is 0. The van der Waals surface area contributed by atoms with Gasteiger partial charge in [-0.05, 0) is 155 Å². The molecule has 0 saturated carbocycles. The van der Waals surface area contributed by atoms with Gasteiger partial charge < -0.3 is 0 Å². The Bertz CT molecular complexity index is 4550. The van der Waals surface area contributed by atoms with Gasteiger partial charge in [-0.25, -0.2) is 0 Å². The molecule has 14 aromatic rings.